The van der Waals surface area contributed by atoms with Crippen LogP contribution in [-0.4, -0.2) is 28.5 Å². The van der Waals surface area contributed by atoms with E-state index >= 15 is 0 Å². The van der Waals surface area contributed by atoms with Crippen molar-refractivity contribution < 1.29 is 0 Å². The topological polar surface area (TPSA) is 38.1 Å². The largest absolute Gasteiger partial charge is 0.315 e. The Morgan fingerprint density at radius 3 is 2.83 bits per heavy atom. The fraction of sp³-hybridized carbons (Fsp3) is 0.286. The third-order valence-electron chi connectivity index (χ3n) is 2.72. The molecule has 0 amide bonds. The maximum atomic E-state index is 12.0. The molecule has 0 fully saturated rings. The van der Waals surface area contributed by atoms with Gasteiger partial charge in [-0.1, -0.05) is 18.2 Å². The normalized spacial score (nSPS) is 10.9. The quantitative estimate of drug-likeness (QED) is 0.820. The Hall–Kier alpha value is -1.94. The molecule has 0 spiro atoms. The van der Waals surface area contributed by atoms with Crippen LogP contribution >= 0.6 is 0 Å². The van der Waals surface area contributed by atoms with Crippen molar-refractivity contribution in [1.82, 2.24) is 14.5 Å². The van der Waals surface area contributed by atoms with Crippen LogP contribution in [-0.2, 0) is 13.6 Å². The van der Waals surface area contributed by atoms with Crippen LogP contribution in [0, 0.1) is 0 Å². The zero-order valence-electron chi connectivity index (χ0n) is 10.9. The number of nitrogens with zero attached hydrogens (tertiary/aromatic N) is 3. The molecule has 4 nitrogen and oxygen atoms in total. The fourth-order valence-electron chi connectivity index (χ4n) is 1.88. The van der Waals surface area contributed by atoms with Gasteiger partial charge >= 0.3 is 0 Å². The van der Waals surface area contributed by atoms with E-state index in [1.807, 2.05) is 32.3 Å². The first kappa shape index (κ1) is 12.5. The summed E-state index contributed by atoms with van der Waals surface area (Å²) in [6.07, 6.45) is 3.31. The summed E-state index contributed by atoms with van der Waals surface area (Å²) < 4.78 is 1.54. The molecule has 94 valence electrons. The van der Waals surface area contributed by atoms with E-state index in [0.717, 1.165) is 12.1 Å². The average Bonchev–Trinajstić information content (AvgIpc) is 2.32. The van der Waals surface area contributed by atoms with E-state index in [-0.39, 0.29) is 5.56 Å². The van der Waals surface area contributed by atoms with Crippen LogP contribution in [0.15, 0.2) is 41.5 Å². The summed E-state index contributed by atoms with van der Waals surface area (Å²) in [6.45, 7) is 0.848. The van der Waals surface area contributed by atoms with Crippen molar-refractivity contribution in [3.63, 3.8) is 0 Å². The second kappa shape index (κ2) is 5.14. The molecule has 0 radical (unpaired) electrons. The summed E-state index contributed by atoms with van der Waals surface area (Å²) >= 11 is 0. The molecule has 0 saturated carbocycles. The molecule has 2 rings (SSSR count). The highest BCUT2D eigenvalue weighted by Crippen LogP contribution is 2.15. The number of hydrogen-bond acceptors (Lipinski definition) is 3. The maximum absolute atomic E-state index is 12.0. The lowest BCUT2D eigenvalue weighted by molar-refractivity contribution is 0.402. The van der Waals surface area contributed by atoms with Gasteiger partial charge < -0.3 is 9.47 Å². The minimum Gasteiger partial charge on any atom is -0.315 e. The van der Waals surface area contributed by atoms with Crippen molar-refractivity contribution >= 4 is 0 Å². The summed E-state index contributed by atoms with van der Waals surface area (Å²) in [6, 6.07) is 7.95. The molecule has 1 heterocycles. The smallest absolute Gasteiger partial charge is 0.276 e. The van der Waals surface area contributed by atoms with Crippen LogP contribution in [0.3, 0.4) is 0 Å². The first-order valence-electron chi connectivity index (χ1n) is 5.83. The van der Waals surface area contributed by atoms with Crippen molar-refractivity contribution in [2.45, 2.75) is 6.54 Å². The van der Waals surface area contributed by atoms with E-state index in [9.17, 15) is 4.79 Å². The first-order chi connectivity index (χ1) is 8.58. The van der Waals surface area contributed by atoms with Crippen molar-refractivity contribution in [3.05, 3.63) is 52.6 Å². The van der Waals surface area contributed by atoms with Crippen molar-refractivity contribution in [2.24, 2.45) is 7.05 Å². The predicted molar refractivity (Wildman–Crippen MR) is 72.3 cm³/mol. The molecule has 2 aromatic rings. The minimum absolute atomic E-state index is 0.0699. The van der Waals surface area contributed by atoms with E-state index < -0.39 is 0 Å². The summed E-state index contributed by atoms with van der Waals surface area (Å²) in [5.74, 6) is 0. The Labute approximate surface area is 107 Å². The summed E-state index contributed by atoms with van der Waals surface area (Å²) in [4.78, 5) is 18.3. The molecule has 0 saturated heterocycles. The van der Waals surface area contributed by atoms with Gasteiger partial charge in [-0.2, -0.15) is 0 Å². The predicted octanol–water partition coefficient (Wildman–Crippen LogP) is 1.51. The molecule has 0 bridgehead atoms. The van der Waals surface area contributed by atoms with Gasteiger partial charge in [0.15, 0.2) is 0 Å². The molecule has 0 unspecified atom stereocenters. The van der Waals surface area contributed by atoms with E-state index in [1.165, 1.54) is 5.56 Å². The molecule has 0 N–H and O–H groups in total. The molecular formula is C14H17N3O. The SMILES string of the molecule is CN(C)Cc1cccc(-c2nccn(C)c2=O)c1. The van der Waals surface area contributed by atoms with Crippen LogP contribution in [0.4, 0.5) is 0 Å². The van der Waals surface area contributed by atoms with Gasteiger partial charge in [-0.25, -0.2) is 4.98 Å². The van der Waals surface area contributed by atoms with Gasteiger partial charge in [0, 0.05) is 31.5 Å². The molecule has 0 atom stereocenters. The summed E-state index contributed by atoms with van der Waals surface area (Å²) in [5.41, 5.74) is 2.47. The van der Waals surface area contributed by atoms with Gasteiger partial charge in [0.05, 0.1) is 0 Å². The minimum atomic E-state index is -0.0699. The van der Waals surface area contributed by atoms with E-state index in [4.69, 9.17) is 0 Å². The van der Waals surface area contributed by atoms with Gasteiger partial charge in [-0.3, -0.25) is 4.79 Å². The zero-order chi connectivity index (χ0) is 13.1. The Bertz CT molecular complexity index is 602. The first-order valence-corrected chi connectivity index (χ1v) is 5.83. The number of aryl methyl sites for hydroxylation is 1. The Morgan fingerprint density at radius 1 is 1.33 bits per heavy atom. The molecule has 0 aliphatic heterocycles. The van der Waals surface area contributed by atoms with Crippen molar-refractivity contribution in [2.75, 3.05) is 14.1 Å². The van der Waals surface area contributed by atoms with Crippen molar-refractivity contribution in [3.8, 4) is 11.3 Å². The molecule has 1 aromatic heterocycles. The fourth-order valence-corrected chi connectivity index (χ4v) is 1.88. The molecular weight excluding hydrogens is 226 g/mol. The molecule has 0 aliphatic rings. The molecule has 18 heavy (non-hydrogen) atoms. The number of hydrogen-bond donors (Lipinski definition) is 0. The van der Waals surface area contributed by atoms with Gasteiger partial charge in [0.2, 0.25) is 0 Å². The standard InChI is InChI=1S/C14H17N3O/c1-16(2)10-11-5-4-6-12(9-11)13-14(18)17(3)8-7-15-13/h4-9H,10H2,1-3H3. The molecule has 0 aliphatic carbocycles. The molecule has 1 aromatic carbocycles. The lowest BCUT2D eigenvalue weighted by Gasteiger charge is -2.10. The second-order valence-electron chi connectivity index (χ2n) is 4.63. The summed E-state index contributed by atoms with van der Waals surface area (Å²) in [5, 5.41) is 0. The van der Waals surface area contributed by atoms with Gasteiger partial charge in [0.25, 0.3) is 5.56 Å². The van der Waals surface area contributed by atoms with Crippen LogP contribution < -0.4 is 5.56 Å². The maximum Gasteiger partial charge on any atom is 0.276 e. The van der Waals surface area contributed by atoms with Gasteiger partial charge in [-0.15, -0.1) is 0 Å². The third kappa shape index (κ3) is 2.65. The van der Waals surface area contributed by atoms with Gasteiger partial charge in [-0.05, 0) is 25.7 Å². The number of benzene rings is 1. The second-order valence-corrected chi connectivity index (χ2v) is 4.63. The highest BCUT2D eigenvalue weighted by atomic mass is 16.1. The van der Waals surface area contributed by atoms with E-state index in [2.05, 4.69) is 16.0 Å². The van der Waals surface area contributed by atoms with Crippen LogP contribution in [0.2, 0.25) is 0 Å². The van der Waals surface area contributed by atoms with Crippen LogP contribution in [0.5, 0.6) is 0 Å². The number of rotatable bonds is 3. The Balaban J connectivity index is 2.45. The average molecular weight is 243 g/mol. The highest BCUT2D eigenvalue weighted by molar-refractivity contribution is 5.58. The number of aromatic nitrogens is 2. The van der Waals surface area contributed by atoms with Crippen molar-refractivity contribution in [1.29, 1.82) is 0 Å². The lowest BCUT2D eigenvalue weighted by Crippen LogP contribution is -2.19. The van der Waals surface area contributed by atoms with Gasteiger partial charge in [0.1, 0.15) is 5.69 Å². The molecule has 4 heteroatoms. The summed E-state index contributed by atoms with van der Waals surface area (Å²) in [7, 11) is 5.77. The monoisotopic (exact) mass is 243 g/mol. The lowest BCUT2D eigenvalue weighted by atomic mass is 10.1. The zero-order valence-corrected chi connectivity index (χ0v) is 10.9. The van der Waals surface area contributed by atoms with E-state index in [0.29, 0.717) is 5.69 Å². The van der Waals surface area contributed by atoms with Crippen LogP contribution in [0.25, 0.3) is 11.3 Å². The van der Waals surface area contributed by atoms with E-state index in [1.54, 1.807) is 24.0 Å². The Morgan fingerprint density at radius 2 is 2.11 bits per heavy atom. The highest BCUT2D eigenvalue weighted by Gasteiger charge is 2.06. The third-order valence-corrected chi connectivity index (χ3v) is 2.72. The van der Waals surface area contributed by atoms with Crippen LogP contribution in [0.1, 0.15) is 5.56 Å². The Kier molecular flexibility index (Phi) is 3.58.